The van der Waals surface area contributed by atoms with E-state index in [2.05, 4.69) is 0 Å². The van der Waals surface area contributed by atoms with Crippen LogP contribution in [-0.2, 0) is 19.7 Å². The molecule has 4 atom stereocenters. The van der Waals surface area contributed by atoms with Crippen LogP contribution >= 0.6 is 0 Å². The lowest BCUT2D eigenvalue weighted by Crippen LogP contribution is -2.58. The van der Waals surface area contributed by atoms with E-state index in [1.54, 1.807) is 0 Å². The Labute approximate surface area is 172 Å². The summed E-state index contributed by atoms with van der Waals surface area (Å²) in [7, 11) is -6.41. The largest absolute Gasteiger partial charge is 0.480 e. The molecule has 2 aliphatic rings. The highest BCUT2D eigenvalue weighted by atomic mass is 32.2. The Kier molecular flexibility index (Phi) is 7.78. The third kappa shape index (κ3) is 5.62. The molecule has 16 heteroatoms. The van der Waals surface area contributed by atoms with Crippen LogP contribution in [0.4, 0.5) is 13.2 Å². The van der Waals surface area contributed by atoms with Gasteiger partial charge < -0.3 is 31.4 Å². The standard InChI is InChI=1S/C14H26BF3N4O7S/c16-14(17,18)8-22(11-6-29-5-10(11)19)30(27,28)21-4-9(2-1-3-15(25)26)13(20,7-21)12(23)24/h9-11,25-26H,1-8,19-20H2,(H,23,24)/t9-,10?,11?,13-/m0/s1. The predicted molar refractivity (Wildman–Crippen MR) is 98.1 cm³/mol. The lowest BCUT2D eigenvalue weighted by atomic mass is 9.78. The first kappa shape index (κ1) is 25.3. The van der Waals surface area contributed by atoms with E-state index in [0.29, 0.717) is 4.31 Å². The van der Waals surface area contributed by atoms with Crippen molar-refractivity contribution in [1.29, 1.82) is 0 Å². The number of ether oxygens (including phenoxy) is 1. The van der Waals surface area contributed by atoms with E-state index in [1.165, 1.54) is 0 Å². The SMILES string of the molecule is NC1COCC1N(CC(F)(F)F)S(=O)(=O)N1C[C@H](CCCB(O)O)[C@](N)(C(=O)O)C1. The van der Waals surface area contributed by atoms with Crippen LogP contribution in [0, 0.1) is 5.92 Å². The van der Waals surface area contributed by atoms with E-state index in [0.717, 1.165) is 0 Å². The Balaban J connectivity index is 2.30. The van der Waals surface area contributed by atoms with Crippen molar-refractivity contribution in [1.82, 2.24) is 8.61 Å². The highest BCUT2D eigenvalue weighted by Gasteiger charge is 2.55. The Hall–Kier alpha value is -1.01. The first-order chi connectivity index (χ1) is 13.7. The summed E-state index contributed by atoms with van der Waals surface area (Å²) < 4.78 is 71.4. The maximum absolute atomic E-state index is 13.1. The van der Waals surface area contributed by atoms with Gasteiger partial charge in [0.2, 0.25) is 0 Å². The van der Waals surface area contributed by atoms with Crippen LogP contribution in [0.15, 0.2) is 0 Å². The summed E-state index contributed by atoms with van der Waals surface area (Å²) in [6.07, 6.45) is -4.78. The Morgan fingerprint density at radius 3 is 2.43 bits per heavy atom. The number of rotatable bonds is 9. The van der Waals surface area contributed by atoms with Crippen LogP contribution in [-0.4, -0.2) is 102 Å². The van der Waals surface area contributed by atoms with Gasteiger partial charge in [0.15, 0.2) is 0 Å². The lowest BCUT2D eigenvalue weighted by Gasteiger charge is -2.33. The minimum Gasteiger partial charge on any atom is -0.480 e. The van der Waals surface area contributed by atoms with Gasteiger partial charge in [0.05, 0.1) is 19.3 Å². The van der Waals surface area contributed by atoms with E-state index in [1.807, 2.05) is 0 Å². The fourth-order valence-corrected chi connectivity index (χ4v) is 5.67. The van der Waals surface area contributed by atoms with Gasteiger partial charge in [-0.2, -0.15) is 30.2 Å². The summed E-state index contributed by atoms with van der Waals surface area (Å²) in [5, 5.41) is 27.4. The van der Waals surface area contributed by atoms with Crippen molar-refractivity contribution in [2.24, 2.45) is 17.4 Å². The molecule has 7 N–H and O–H groups in total. The van der Waals surface area contributed by atoms with E-state index in [9.17, 15) is 31.5 Å². The number of carboxylic acids is 1. The van der Waals surface area contributed by atoms with Gasteiger partial charge in [-0.25, -0.2) is 0 Å². The average molecular weight is 462 g/mol. The van der Waals surface area contributed by atoms with Crippen molar-refractivity contribution in [3.8, 4) is 0 Å². The van der Waals surface area contributed by atoms with E-state index in [-0.39, 0.29) is 36.7 Å². The first-order valence-electron chi connectivity index (χ1n) is 9.24. The fraction of sp³-hybridized carbons (Fsp3) is 0.929. The van der Waals surface area contributed by atoms with Crippen molar-refractivity contribution in [3.63, 3.8) is 0 Å². The maximum atomic E-state index is 13.1. The van der Waals surface area contributed by atoms with Gasteiger partial charge in [-0.15, -0.1) is 0 Å². The Bertz CT molecular complexity index is 729. The van der Waals surface area contributed by atoms with Crippen molar-refractivity contribution in [2.75, 3.05) is 32.8 Å². The van der Waals surface area contributed by atoms with Crippen LogP contribution in [0.1, 0.15) is 12.8 Å². The summed E-state index contributed by atoms with van der Waals surface area (Å²) in [6.45, 7) is -3.40. The second-order valence-electron chi connectivity index (χ2n) is 7.68. The van der Waals surface area contributed by atoms with Crippen molar-refractivity contribution in [2.45, 2.75) is 43.0 Å². The number of nitrogens with two attached hydrogens (primary N) is 2. The molecule has 2 rings (SSSR count). The minimum absolute atomic E-state index is 0.0394. The molecule has 2 aliphatic heterocycles. The normalized spacial score (nSPS) is 30.9. The zero-order valence-corrected chi connectivity index (χ0v) is 16.8. The summed E-state index contributed by atoms with van der Waals surface area (Å²) in [5.41, 5.74) is 9.64. The minimum atomic E-state index is -4.86. The molecule has 0 aromatic heterocycles. The third-order valence-corrected chi connectivity index (χ3v) is 7.35. The van der Waals surface area contributed by atoms with Gasteiger partial charge in [-0.05, 0) is 12.7 Å². The summed E-state index contributed by atoms with van der Waals surface area (Å²) in [6, 6.07) is -2.24. The number of carboxylic acid groups (broad SMARTS) is 1. The highest BCUT2D eigenvalue weighted by molar-refractivity contribution is 7.86. The zero-order valence-electron chi connectivity index (χ0n) is 16.0. The monoisotopic (exact) mass is 462 g/mol. The van der Waals surface area contributed by atoms with E-state index < -0.39 is 72.6 Å². The van der Waals surface area contributed by atoms with Crippen LogP contribution < -0.4 is 11.5 Å². The lowest BCUT2D eigenvalue weighted by molar-refractivity contribution is -0.144. The molecule has 30 heavy (non-hydrogen) atoms. The van der Waals surface area contributed by atoms with Crippen LogP contribution in [0.5, 0.6) is 0 Å². The zero-order chi connectivity index (χ0) is 22.9. The molecule has 0 saturated carbocycles. The molecule has 0 aromatic carbocycles. The molecule has 174 valence electrons. The first-order valence-corrected chi connectivity index (χ1v) is 10.6. The predicted octanol–water partition coefficient (Wildman–Crippen LogP) is -2.21. The molecule has 0 spiro atoms. The molecule has 0 amide bonds. The molecular formula is C14H26BF3N4O7S. The Morgan fingerprint density at radius 1 is 1.33 bits per heavy atom. The van der Waals surface area contributed by atoms with Gasteiger partial charge in [-0.3, -0.25) is 4.79 Å². The average Bonchev–Trinajstić information content (AvgIpc) is 3.16. The number of aliphatic carboxylic acids is 1. The van der Waals surface area contributed by atoms with Gasteiger partial charge >= 0.3 is 19.3 Å². The molecule has 0 aliphatic carbocycles. The van der Waals surface area contributed by atoms with Crippen LogP contribution in [0.2, 0.25) is 6.32 Å². The second kappa shape index (κ2) is 9.24. The van der Waals surface area contributed by atoms with Crippen molar-refractivity contribution < 1.29 is 46.3 Å². The smallest absolute Gasteiger partial charge is 0.451 e. The van der Waals surface area contributed by atoms with Gasteiger partial charge in [0.25, 0.3) is 10.2 Å². The molecule has 2 saturated heterocycles. The molecule has 2 heterocycles. The highest BCUT2D eigenvalue weighted by Crippen LogP contribution is 2.35. The van der Waals surface area contributed by atoms with Crippen LogP contribution in [0.25, 0.3) is 0 Å². The fourth-order valence-electron chi connectivity index (χ4n) is 3.76. The van der Waals surface area contributed by atoms with Gasteiger partial charge in [0, 0.05) is 25.0 Å². The topological polar surface area (TPSA) is 180 Å². The van der Waals surface area contributed by atoms with Crippen molar-refractivity contribution in [3.05, 3.63) is 0 Å². The molecule has 0 radical (unpaired) electrons. The summed E-state index contributed by atoms with van der Waals surface area (Å²) in [5.74, 6) is -2.44. The molecule has 2 fully saturated rings. The number of nitrogens with zero attached hydrogens (tertiary/aromatic N) is 2. The van der Waals surface area contributed by atoms with Gasteiger partial charge in [-0.1, -0.05) is 6.42 Å². The third-order valence-electron chi connectivity index (χ3n) is 5.42. The van der Waals surface area contributed by atoms with E-state index in [4.69, 9.17) is 26.3 Å². The van der Waals surface area contributed by atoms with E-state index >= 15 is 0 Å². The number of hydrogen-bond acceptors (Lipinski definition) is 8. The molecule has 2 unspecified atom stereocenters. The molecular weight excluding hydrogens is 436 g/mol. The van der Waals surface area contributed by atoms with Gasteiger partial charge in [0.1, 0.15) is 12.1 Å². The number of alkyl halides is 3. The number of hydrogen-bond donors (Lipinski definition) is 5. The quantitative estimate of drug-likeness (QED) is 0.238. The second-order valence-corrected chi connectivity index (χ2v) is 9.56. The number of halogens is 3. The molecule has 0 aromatic rings. The summed E-state index contributed by atoms with van der Waals surface area (Å²) >= 11 is 0. The molecule has 0 bridgehead atoms. The maximum Gasteiger partial charge on any atom is 0.451 e. The Morgan fingerprint density at radius 2 is 1.97 bits per heavy atom. The summed E-state index contributed by atoms with van der Waals surface area (Å²) in [4.78, 5) is 11.7. The van der Waals surface area contributed by atoms with Crippen LogP contribution in [0.3, 0.4) is 0 Å². The van der Waals surface area contributed by atoms with Crippen molar-refractivity contribution >= 4 is 23.3 Å². The number of carbonyl (C=O) groups is 1. The molecule has 11 nitrogen and oxygen atoms in total.